The van der Waals surface area contributed by atoms with Crippen LogP contribution >= 0.6 is 0 Å². The van der Waals surface area contributed by atoms with Crippen LogP contribution in [0.25, 0.3) is 0 Å². The zero-order valence-corrected chi connectivity index (χ0v) is 11.5. The normalized spacial score (nSPS) is 18.6. The van der Waals surface area contributed by atoms with Crippen LogP contribution in [-0.4, -0.2) is 43.6 Å². The molecule has 0 saturated heterocycles. The Hall–Kier alpha value is -0.170. The Kier molecular flexibility index (Phi) is 5.85. The van der Waals surface area contributed by atoms with E-state index in [1.165, 1.54) is 4.31 Å². The maximum Gasteiger partial charge on any atom is 0.279 e. The van der Waals surface area contributed by atoms with E-state index in [0.29, 0.717) is 19.0 Å². The molecule has 1 fully saturated rings. The van der Waals surface area contributed by atoms with Crippen LogP contribution in [0.5, 0.6) is 0 Å². The van der Waals surface area contributed by atoms with Crippen molar-refractivity contribution in [2.24, 2.45) is 5.92 Å². The van der Waals surface area contributed by atoms with Crippen molar-refractivity contribution in [3.05, 3.63) is 0 Å². The fourth-order valence-electron chi connectivity index (χ4n) is 1.78. The van der Waals surface area contributed by atoms with Crippen LogP contribution in [0.4, 0.5) is 0 Å². The second-order valence-corrected chi connectivity index (χ2v) is 6.41. The maximum absolute atomic E-state index is 12.0. The van der Waals surface area contributed by atoms with Crippen molar-refractivity contribution < 1.29 is 13.5 Å². The fraction of sp³-hybridized carbons (Fsp3) is 1.00. The Bertz CT molecular complexity index is 309. The lowest BCUT2D eigenvalue weighted by atomic mass is 10.2. The van der Waals surface area contributed by atoms with Gasteiger partial charge in [0.05, 0.1) is 6.10 Å². The highest BCUT2D eigenvalue weighted by Crippen LogP contribution is 2.32. The molecule has 0 radical (unpaired) electrons. The Morgan fingerprint density at radius 3 is 2.24 bits per heavy atom. The maximum atomic E-state index is 12.0. The number of nitrogens with zero attached hydrogens (tertiary/aromatic N) is 1. The Morgan fingerprint density at radius 1 is 1.29 bits per heavy atom. The molecule has 6 heteroatoms. The third-order valence-corrected chi connectivity index (χ3v) is 4.50. The summed E-state index contributed by atoms with van der Waals surface area (Å²) in [6, 6.07) is 0. The molecule has 0 aromatic rings. The largest absolute Gasteiger partial charge is 0.391 e. The second-order valence-electron chi connectivity index (χ2n) is 4.66. The van der Waals surface area contributed by atoms with Gasteiger partial charge >= 0.3 is 0 Å². The van der Waals surface area contributed by atoms with Crippen LogP contribution in [0.15, 0.2) is 0 Å². The third-order valence-electron chi connectivity index (χ3n) is 2.93. The molecule has 1 aliphatic carbocycles. The van der Waals surface area contributed by atoms with Gasteiger partial charge in [0.15, 0.2) is 0 Å². The molecule has 2 N–H and O–H groups in total. The Labute approximate surface area is 104 Å². The third kappa shape index (κ3) is 4.91. The summed E-state index contributed by atoms with van der Waals surface area (Å²) in [4.78, 5) is 0. The predicted octanol–water partition coefficient (Wildman–Crippen LogP) is 0.714. The lowest BCUT2D eigenvalue weighted by molar-refractivity contribution is 0.154. The Morgan fingerprint density at radius 2 is 1.82 bits per heavy atom. The average Bonchev–Trinajstić information content (AvgIpc) is 3.09. The number of aliphatic hydroxyl groups is 1. The van der Waals surface area contributed by atoms with E-state index in [1.807, 2.05) is 13.8 Å². The van der Waals surface area contributed by atoms with Crippen molar-refractivity contribution in [3.63, 3.8) is 0 Å². The van der Waals surface area contributed by atoms with Crippen LogP contribution in [0.2, 0.25) is 0 Å². The minimum absolute atomic E-state index is 0.136. The molecule has 5 nitrogen and oxygen atoms in total. The van der Waals surface area contributed by atoms with Gasteiger partial charge in [-0.1, -0.05) is 13.8 Å². The van der Waals surface area contributed by atoms with Crippen molar-refractivity contribution in [3.8, 4) is 0 Å². The summed E-state index contributed by atoms with van der Waals surface area (Å²) in [6.45, 7) is 5.11. The summed E-state index contributed by atoms with van der Waals surface area (Å²) in [6.07, 6.45) is 3.08. The number of rotatable bonds is 9. The molecular weight excluding hydrogens is 240 g/mol. The van der Waals surface area contributed by atoms with Gasteiger partial charge < -0.3 is 5.11 Å². The van der Waals surface area contributed by atoms with E-state index in [-0.39, 0.29) is 6.54 Å². The monoisotopic (exact) mass is 264 g/mol. The van der Waals surface area contributed by atoms with Gasteiger partial charge in [-0.2, -0.15) is 17.4 Å². The molecular formula is C11H24N2O3S. The van der Waals surface area contributed by atoms with Gasteiger partial charge in [0.25, 0.3) is 10.2 Å². The highest BCUT2D eigenvalue weighted by molar-refractivity contribution is 7.87. The summed E-state index contributed by atoms with van der Waals surface area (Å²) in [5.41, 5.74) is 0. The van der Waals surface area contributed by atoms with Gasteiger partial charge in [0, 0.05) is 19.6 Å². The molecule has 0 amide bonds. The molecule has 1 rings (SSSR count). The smallest absolute Gasteiger partial charge is 0.279 e. The highest BCUT2D eigenvalue weighted by atomic mass is 32.2. The van der Waals surface area contributed by atoms with Gasteiger partial charge in [0.1, 0.15) is 0 Å². The second kappa shape index (κ2) is 6.68. The number of hydrogen-bond acceptors (Lipinski definition) is 3. The summed E-state index contributed by atoms with van der Waals surface area (Å²) >= 11 is 0. The average molecular weight is 264 g/mol. The molecule has 102 valence electrons. The SMILES string of the molecule is CCCN(CCC)S(=O)(=O)NCC(O)C1CC1. The quantitative estimate of drug-likeness (QED) is 0.644. The molecule has 17 heavy (non-hydrogen) atoms. The summed E-state index contributed by atoms with van der Waals surface area (Å²) in [5.74, 6) is 0.295. The fourth-order valence-corrected chi connectivity index (χ4v) is 3.19. The molecule has 1 unspecified atom stereocenters. The summed E-state index contributed by atoms with van der Waals surface area (Å²) < 4.78 is 27.9. The molecule has 1 saturated carbocycles. The van der Waals surface area contributed by atoms with Crippen LogP contribution < -0.4 is 4.72 Å². The lowest BCUT2D eigenvalue weighted by Gasteiger charge is -2.22. The standard InChI is InChI=1S/C11H24N2O3S/c1-3-7-13(8-4-2)17(15,16)12-9-11(14)10-5-6-10/h10-12,14H,3-9H2,1-2H3. The van der Waals surface area contributed by atoms with Crippen LogP contribution in [-0.2, 0) is 10.2 Å². The molecule has 1 atom stereocenters. The van der Waals surface area contributed by atoms with Crippen molar-refractivity contribution in [2.75, 3.05) is 19.6 Å². The minimum atomic E-state index is -3.42. The topological polar surface area (TPSA) is 69.6 Å². The zero-order valence-electron chi connectivity index (χ0n) is 10.7. The summed E-state index contributed by atoms with van der Waals surface area (Å²) in [5, 5.41) is 9.65. The van der Waals surface area contributed by atoms with E-state index in [4.69, 9.17) is 0 Å². The van der Waals surface area contributed by atoms with Crippen molar-refractivity contribution in [1.82, 2.24) is 9.03 Å². The molecule has 0 aromatic carbocycles. The van der Waals surface area contributed by atoms with E-state index >= 15 is 0 Å². The Balaban J connectivity index is 2.45. The summed E-state index contributed by atoms with van der Waals surface area (Å²) in [7, 11) is -3.42. The predicted molar refractivity (Wildman–Crippen MR) is 67.8 cm³/mol. The van der Waals surface area contributed by atoms with Gasteiger partial charge in [-0.25, -0.2) is 0 Å². The van der Waals surface area contributed by atoms with Crippen molar-refractivity contribution >= 4 is 10.2 Å². The van der Waals surface area contributed by atoms with Gasteiger partial charge in [0.2, 0.25) is 0 Å². The van der Waals surface area contributed by atoms with E-state index in [0.717, 1.165) is 25.7 Å². The lowest BCUT2D eigenvalue weighted by Crippen LogP contribution is -2.44. The van der Waals surface area contributed by atoms with E-state index in [2.05, 4.69) is 4.72 Å². The van der Waals surface area contributed by atoms with Crippen LogP contribution in [0, 0.1) is 5.92 Å². The van der Waals surface area contributed by atoms with Gasteiger partial charge in [-0.3, -0.25) is 0 Å². The minimum Gasteiger partial charge on any atom is -0.391 e. The number of aliphatic hydroxyl groups excluding tert-OH is 1. The van der Waals surface area contributed by atoms with E-state index in [1.54, 1.807) is 0 Å². The number of nitrogens with one attached hydrogen (secondary N) is 1. The van der Waals surface area contributed by atoms with Crippen LogP contribution in [0.1, 0.15) is 39.5 Å². The zero-order chi connectivity index (χ0) is 12.9. The first-order valence-electron chi connectivity index (χ1n) is 6.44. The van der Waals surface area contributed by atoms with Gasteiger partial charge in [-0.15, -0.1) is 0 Å². The molecule has 0 bridgehead atoms. The molecule has 0 aromatic heterocycles. The van der Waals surface area contributed by atoms with Crippen LogP contribution in [0.3, 0.4) is 0 Å². The number of hydrogen-bond donors (Lipinski definition) is 2. The molecule has 0 heterocycles. The van der Waals surface area contributed by atoms with E-state index < -0.39 is 16.3 Å². The first-order valence-corrected chi connectivity index (χ1v) is 7.88. The molecule has 1 aliphatic rings. The van der Waals surface area contributed by atoms with Gasteiger partial charge in [-0.05, 0) is 31.6 Å². The van der Waals surface area contributed by atoms with E-state index in [9.17, 15) is 13.5 Å². The molecule has 0 aliphatic heterocycles. The highest BCUT2D eigenvalue weighted by Gasteiger charge is 2.31. The molecule has 0 spiro atoms. The van der Waals surface area contributed by atoms with Crippen molar-refractivity contribution in [2.45, 2.75) is 45.6 Å². The first-order chi connectivity index (χ1) is 8.01. The first kappa shape index (κ1) is 14.9. The van der Waals surface area contributed by atoms with Crippen molar-refractivity contribution in [1.29, 1.82) is 0 Å².